The molecular weight excluding hydrogens is 483 g/mol. The number of urea groups is 1. The molecule has 0 bridgehead atoms. The number of halogens is 4. The minimum Gasteiger partial charge on any atom is -0.487 e. The Balaban J connectivity index is 1.41. The Morgan fingerprint density at radius 2 is 2.06 bits per heavy atom. The highest BCUT2D eigenvalue weighted by Crippen LogP contribution is 2.37. The highest BCUT2D eigenvalue weighted by molar-refractivity contribution is 9.10. The normalized spacial score (nSPS) is 28.9. The van der Waals surface area contributed by atoms with Gasteiger partial charge in [0.15, 0.2) is 0 Å². The van der Waals surface area contributed by atoms with Crippen LogP contribution in [-0.4, -0.2) is 72.3 Å². The van der Waals surface area contributed by atoms with E-state index in [-0.39, 0.29) is 42.5 Å². The van der Waals surface area contributed by atoms with Crippen molar-refractivity contribution in [1.82, 2.24) is 15.1 Å². The van der Waals surface area contributed by atoms with Crippen LogP contribution in [0.15, 0.2) is 22.7 Å². The monoisotopic (exact) mass is 505 g/mol. The second-order valence-electron chi connectivity index (χ2n) is 8.06. The first-order valence-electron chi connectivity index (χ1n) is 10.1. The molecule has 1 N–H and O–H groups in total. The van der Waals surface area contributed by atoms with Crippen LogP contribution in [0.25, 0.3) is 0 Å². The number of piperidine rings is 1. The number of amides is 3. The van der Waals surface area contributed by atoms with Crippen LogP contribution in [-0.2, 0) is 15.7 Å². The number of carbonyl (C=O) groups excluding carboxylic acids is 2. The molecule has 3 saturated heterocycles. The van der Waals surface area contributed by atoms with Gasteiger partial charge in [0.25, 0.3) is 0 Å². The molecule has 0 aromatic heterocycles. The van der Waals surface area contributed by atoms with Crippen molar-refractivity contribution >= 4 is 27.9 Å². The maximum absolute atomic E-state index is 13.1. The molecule has 3 fully saturated rings. The number of benzene rings is 1. The maximum atomic E-state index is 13.1. The van der Waals surface area contributed by atoms with Crippen molar-refractivity contribution in [3.05, 3.63) is 28.2 Å². The molecule has 0 spiro atoms. The summed E-state index contributed by atoms with van der Waals surface area (Å²) in [6.45, 7) is 3.19. The van der Waals surface area contributed by atoms with Crippen molar-refractivity contribution in [1.29, 1.82) is 0 Å². The lowest BCUT2D eigenvalue weighted by atomic mass is 10.0. The lowest BCUT2D eigenvalue weighted by molar-refractivity contribution is -0.140. The second kappa shape index (κ2) is 8.50. The Kier molecular flexibility index (Phi) is 6.08. The summed E-state index contributed by atoms with van der Waals surface area (Å²) in [7, 11) is 0. The molecule has 0 saturated carbocycles. The van der Waals surface area contributed by atoms with Gasteiger partial charge in [0, 0.05) is 26.1 Å². The zero-order valence-corrected chi connectivity index (χ0v) is 18.4. The first-order chi connectivity index (χ1) is 14.6. The van der Waals surface area contributed by atoms with E-state index in [1.807, 2.05) is 6.92 Å². The van der Waals surface area contributed by atoms with Gasteiger partial charge >= 0.3 is 12.2 Å². The van der Waals surface area contributed by atoms with Gasteiger partial charge in [-0.2, -0.15) is 13.2 Å². The van der Waals surface area contributed by atoms with E-state index in [0.29, 0.717) is 36.9 Å². The molecule has 3 heterocycles. The quantitative estimate of drug-likeness (QED) is 0.670. The molecule has 4 rings (SSSR count). The highest BCUT2D eigenvalue weighted by atomic mass is 79.9. The summed E-state index contributed by atoms with van der Waals surface area (Å²) < 4.78 is 51.0. The van der Waals surface area contributed by atoms with E-state index >= 15 is 0 Å². The van der Waals surface area contributed by atoms with Crippen molar-refractivity contribution in [3.8, 4) is 5.75 Å². The maximum Gasteiger partial charge on any atom is 0.416 e. The van der Waals surface area contributed by atoms with Crippen molar-refractivity contribution in [2.75, 3.05) is 26.2 Å². The molecule has 0 aliphatic carbocycles. The van der Waals surface area contributed by atoms with Crippen molar-refractivity contribution in [2.24, 2.45) is 0 Å². The summed E-state index contributed by atoms with van der Waals surface area (Å²) in [5.74, 6) is -0.0888. The van der Waals surface area contributed by atoms with Gasteiger partial charge in [0.05, 0.1) is 28.2 Å². The molecule has 11 heteroatoms. The lowest BCUT2D eigenvalue weighted by Gasteiger charge is -2.42. The zero-order valence-electron chi connectivity index (χ0n) is 16.8. The molecule has 1 aromatic rings. The van der Waals surface area contributed by atoms with Gasteiger partial charge in [0.2, 0.25) is 5.91 Å². The van der Waals surface area contributed by atoms with E-state index in [9.17, 15) is 22.8 Å². The van der Waals surface area contributed by atoms with Gasteiger partial charge in [-0.25, -0.2) is 4.79 Å². The topological polar surface area (TPSA) is 71.1 Å². The fourth-order valence-corrected chi connectivity index (χ4v) is 4.67. The summed E-state index contributed by atoms with van der Waals surface area (Å²) in [5.41, 5.74) is -0.788. The lowest BCUT2D eigenvalue weighted by Crippen LogP contribution is -2.62. The number of nitrogens with zero attached hydrogens (tertiary/aromatic N) is 2. The molecule has 1 aromatic carbocycles. The first kappa shape index (κ1) is 22.2. The summed E-state index contributed by atoms with van der Waals surface area (Å²) in [4.78, 5) is 28.1. The predicted octanol–water partition coefficient (Wildman–Crippen LogP) is 3.02. The Hall–Kier alpha value is -2.01. The number of rotatable bonds is 2. The smallest absolute Gasteiger partial charge is 0.416 e. The Labute approximate surface area is 186 Å². The van der Waals surface area contributed by atoms with E-state index in [1.54, 1.807) is 9.80 Å². The summed E-state index contributed by atoms with van der Waals surface area (Å²) in [5, 5.41) is 2.87. The van der Waals surface area contributed by atoms with Crippen LogP contribution in [0.2, 0.25) is 0 Å². The average Bonchev–Trinajstić information content (AvgIpc) is 3.07. The third-order valence-electron chi connectivity index (χ3n) is 6.06. The van der Waals surface area contributed by atoms with Crippen LogP contribution >= 0.6 is 15.9 Å². The molecule has 0 radical (unpaired) electrons. The number of alkyl halides is 3. The predicted molar refractivity (Wildman–Crippen MR) is 108 cm³/mol. The molecule has 170 valence electrons. The molecular formula is C20H23BrF3N3O4. The van der Waals surface area contributed by atoms with Crippen LogP contribution in [0.1, 0.15) is 25.3 Å². The standard InChI is InChI=1S/C20H23BrF3N3O4/c1-11-15(31-17-8-12(20(22,23)24)2-3-13(17)21)5-7-27(11)19(29)26-6-4-16-14(9-26)25-18(28)10-30-16/h2-3,8,11,14-16H,4-7,9-10H2,1H3,(H,25,28)/t11-,14+,15?,16-/m0/s1. The zero-order chi connectivity index (χ0) is 22.3. The number of hydrogen-bond donors (Lipinski definition) is 1. The van der Waals surface area contributed by atoms with Gasteiger partial charge in [-0.1, -0.05) is 0 Å². The van der Waals surface area contributed by atoms with Crippen molar-refractivity contribution < 1.29 is 32.2 Å². The SMILES string of the molecule is C[C@H]1C(Oc2cc(C(F)(F)F)ccc2Br)CCN1C(=O)N1CC[C@@H]2OCC(=O)N[C@@H]2C1. The molecule has 3 aliphatic heterocycles. The molecule has 4 atom stereocenters. The Bertz CT molecular complexity index is 869. The van der Waals surface area contributed by atoms with Crippen LogP contribution in [0, 0.1) is 0 Å². The van der Waals surface area contributed by atoms with Crippen molar-refractivity contribution in [2.45, 2.75) is 50.2 Å². The minimum atomic E-state index is -4.47. The molecule has 3 aliphatic rings. The molecule has 31 heavy (non-hydrogen) atoms. The number of ether oxygens (including phenoxy) is 2. The molecule has 7 nitrogen and oxygen atoms in total. The van der Waals surface area contributed by atoms with Crippen LogP contribution in [0.4, 0.5) is 18.0 Å². The Morgan fingerprint density at radius 1 is 1.29 bits per heavy atom. The number of morpholine rings is 1. The number of hydrogen-bond acceptors (Lipinski definition) is 4. The van der Waals surface area contributed by atoms with Gasteiger partial charge in [-0.3, -0.25) is 4.79 Å². The minimum absolute atomic E-state index is 0.0440. The van der Waals surface area contributed by atoms with Gasteiger partial charge < -0.3 is 24.6 Å². The highest BCUT2D eigenvalue weighted by Gasteiger charge is 2.42. The van der Waals surface area contributed by atoms with E-state index in [1.165, 1.54) is 6.07 Å². The molecule has 1 unspecified atom stereocenters. The number of fused-ring (bicyclic) bond motifs is 1. The number of carbonyl (C=O) groups is 2. The number of likely N-dealkylation sites (tertiary alicyclic amines) is 2. The largest absolute Gasteiger partial charge is 0.487 e. The van der Waals surface area contributed by atoms with Gasteiger partial charge in [-0.15, -0.1) is 0 Å². The number of nitrogens with one attached hydrogen (secondary N) is 1. The first-order valence-corrected chi connectivity index (χ1v) is 10.9. The fraction of sp³-hybridized carbons (Fsp3) is 0.600. The molecule has 3 amide bonds. The van der Waals surface area contributed by atoms with E-state index in [4.69, 9.17) is 9.47 Å². The van der Waals surface area contributed by atoms with Gasteiger partial charge in [-0.05, 0) is 47.5 Å². The third-order valence-corrected chi connectivity index (χ3v) is 6.72. The third kappa shape index (κ3) is 4.62. The fourth-order valence-electron chi connectivity index (χ4n) is 4.33. The van der Waals surface area contributed by atoms with E-state index in [0.717, 1.165) is 12.1 Å². The van der Waals surface area contributed by atoms with Gasteiger partial charge in [0.1, 0.15) is 18.5 Å². The second-order valence-corrected chi connectivity index (χ2v) is 8.92. The van der Waals surface area contributed by atoms with Crippen molar-refractivity contribution in [3.63, 3.8) is 0 Å². The Morgan fingerprint density at radius 3 is 2.81 bits per heavy atom. The summed E-state index contributed by atoms with van der Waals surface area (Å²) in [6, 6.07) is 2.56. The van der Waals surface area contributed by atoms with Crippen LogP contribution in [0.5, 0.6) is 5.75 Å². The van der Waals surface area contributed by atoms with Crippen LogP contribution < -0.4 is 10.1 Å². The summed E-state index contributed by atoms with van der Waals surface area (Å²) in [6.07, 6.45) is -3.84. The summed E-state index contributed by atoms with van der Waals surface area (Å²) >= 11 is 3.24. The average molecular weight is 506 g/mol. The van der Waals surface area contributed by atoms with E-state index in [2.05, 4.69) is 21.2 Å². The van der Waals surface area contributed by atoms with E-state index < -0.39 is 17.8 Å². The van der Waals surface area contributed by atoms with Crippen LogP contribution in [0.3, 0.4) is 0 Å².